The van der Waals surface area contributed by atoms with Crippen molar-refractivity contribution >= 4 is 11.8 Å². The summed E-state index contributed by atoms with van der Waals surface area (Å²) >= 11 is 1.77. The van der Waals surface area contributed by atoms with E-state index < -0.39 is 0 Å². The van der Waals surface area contributed by atoms with Crippen molar-refractivity contribution in [3.05, 3.63) is 22.9 Å². The summed E-state index contributed by atoms with van der Waals surface area (Å²) < 4.78 is 0. The molecular weight excluding hydrogens is 224 g/mol. The van der Waals surface area contributed by atoms with Crippen LogP contribution in [0.2, 0.25) is 0 Å². The fourth-order valence-corrected chi connectivity index (χ4v) is 2.81. The van der Waals surface area contributed by atoms with Gasteiger partial charge in [0.05, 0.1) is 11.5 Å². The zero-order valence-corrected chi connectivity index (χ0v) is 10.1. The first kappa shape index (κ1) is 11.3. The maximum Gasteiger partial charge on any atom is 0.218 e. The highest BCUT2D eigenvalue weighted by Gasteiger charge is 2.31. The Kier molecular flexibility index (Phi) is 2.80. The highest BCUT2D eigenvalue weighted by atomic mass is 32.2. The first-order valence-corrected chi connectivity index (χ1v) is 6.09. The van der Waals surface area contributed by atoms with E-state index in [4.69, 9.17) is 0 Å². The molecule has 2 N–H and O–H groups in total. The molecule has 1 aromatic heterocycles. The Labute approximate surface area is 98.4 Å². The van der Waals surface area contributed by atoms with Crippen molar-refractivity contribution in [1.29, 1.82) is 0 Å². The molecule has 2 rings (SSSR count). The maximum atomic E-state index is 9.36. The molecule has 86 valence electrons. The van der Waals surface area contributed by atoms with E-state index in [9.17, 15) is 10.2 Å². The van der Waals surface area contributed by atoms with E-state index in [0.29, 0.717) is 5.82 Å². The Hall–Kier alpha value is -1.23. The van der Waals surface area contributed by atoms with Crippen molar-refractivity contribution in [2.45, 2.75) is 25.7 Å². The molecule has 1 aromatic rings. The smallest absolute Gasteiger partial charge is 0.218 e. The second-order valence-corrected chi connectivity index (χ2v) is 5.38. The van der Waals surface area contributed by atoms with Gasteiger partial charge in [0.1, 0.15) is 5.82 Å². The molecule has 0 unspecified atom stereocenters. The summed E-state index contributed by atoms with van der Waals surface area (Å²) in [6.07, 6.45) is 3.21. The molecule has 1 aliphatic heterocycles. The molecule has 0 fully saturated rings. The summed E-state index contributed by atoms with van der Waals surface area (Å²) in [4.78, 5) is 9.15. The van der Waals surface area contributed by atoms with Gasteiger partial charge >= 0.3 is 0 Å². The van der Waals surface area contributed by atoms with Gasteiger partial charge in [0, 0.05) is 5.75 Å². The minimum atomic E-state index is -0.364. The Morgan fingerprint density at radius 1 is 1.25 bits per heavy atom. The van der Waals surface area contributed by atoms with Crippen LogP contribution in [0.4, 0.5) is 0 Å². The highest BCUT2D eigenvalue weighted by molar-refractivity contribution is 8.03. The van der Waals surface area contributed by atoms with Gasteiger partial charge in [0.15, 0.2) is 0 Å². The number of hydrogen-bond donors (Lipinski definition) is 2. The molecule has 0 aliphatic carbocycles. The van der Waals surface area contributed by atoms with Crippen LogP contribution in [0.3, 0.4) is 0 Å². The summed E-state index contributed by atoms with van der Waals surface area (Å²) in [5.41, 5.74) is -0.364. The van der Waals surface area contributed by atoms with Crippen LogP contribution in [0.1, 0.15) is 26.1 Å². The number of hydrogen-bond acceptors (Lipinski definition) is 5. The maximum absolute atomic E-state index is 9.36. The quantitative estimate of drug-likeness (QED) is 0.826. The lowest BCUT2D eigenvalue weighted by atomic mass is 9.91. The third-order valence-electron chi connectivity index (χ3n) is 2.58. The molecular formula is C11H14N2O2S. The molecule has 5 heteroatoms. The van der Waals surface area contributed by atoms with E-state index in [0.717, 1.165) is 18.2 Å². The zero-order valence-electron chi connectivity index (χ0n) is 9.27. The fraction of sp³-hybridized carbons (Fsp3) is 0.455. The fourth-order valence-electron chi connectivity index (χ4n) is 1.67. The summed E-state index contributed by atoms with van der Waals surface area (Å²) in [5.74, 6) is 1.13. The SMILES string of the molecule is CC(C)(C1=CCCS1)c1nc(O)cc(O)n1. The van der Waals surface area contributed by atoms with E-state index in [2.05, 4.69) is 16.0 Å². The van der Waals surface area contributed by atoms with Gasteiger partial charge in [-0.05, 0) is 25.2 Å². The van der Waals surface area contributed by atoms with Crippen LogP contribution in [-0.4, -0.2) is 25.9 Å². The van der Waals surface area contributed by atoms with Crippen LogP contribution in [0.25, 0.3) is 0 Å². The van der Waals surface area contributed by atoms with Crippen LogP contribution in [0.5, 0.6) is 11.8 Å². The van der Waals surface area contributed by atoms with Gasteiger partial charge in [0.2, 0.25) is 11.8 Å². The predicted octanol–water partition coefficient (Wildman–Crippen LogP) is 2.19. The molecule has 0 spiro atoms. The molecule has 0 amide bonds. The van der Waals surface area contributed by atoms with Gasteiger partial charge in [-0.2, -0.15) is 9.97 Å². The first-order chi connectivity index (χ1) is 7.50. The predicted molar refractivity (Wildman–Crippen MR) is 63.5 cm³/mol. The molecule has 0 saturated heterocycles. The normalized spacial score (nSPS) is 16.2. The second-order valence-electron chi connectivity index (χ2n) is 4.24. The third kappa shape index (κ3) is 2.00. The Morgan fingerprint density at radius 3 is 2.38 bits per heavy atom. The molecule has 0 aromatic carbocycles. The first-order valence-electron chi connectivity index (χ1n) is 5.11. The molecule has 1 aliphatic rings. The largest absolute Gasteiger partial charge is 0.493 e. The third-order valence-corrected chi connectivity index (χ3v) is 4.01. The summed E-state index contributed by atoms with van der Waals surface area (Å²) in [6, 6.07) is 1.13. The molecule has 0 bridgehead atoms. The molecule has 16 heavy (non-hydrogen) atoms. The van der Waals surface area contributed by atoms with E-state index in [-0.39, 0.29) is 17.2 Å². The zero-order chi connectivity index (χ0) is 11.8. The van der Waals surface area contributed by atoms with Crippen molar-refractivity contribution in [3.63, 3.8) is 0 Å². The van der Waals surface area contributed by atoms with Crippen LogP contribution in [-0.2, 0) is 5.41 Å². The number of aromatic hydroxyl groups is 2. The molecule has 0 atom stereocenters. The van der Waals surface area contributed by atoms with Crippen molar-refractivity contribution in [2.75, 3.05) is 5.75 Å². The van der Waals surface area contributed by atoms with Crippen molar-refractivity contribution in [1.82, 2.24) is 9.97 Å². The standard InChI is InChI=1S/C11H14N2O2S/c1-11(2,7-4-3-5-16-7)10-12-8(14)6-9(15)13-10/h4,6H,3,5H2,1-2H3,(H2,12,13,14,15). The van der Waals surface area contributed by atoms with Crippen LogP contribution in [0.15, 0.2) is 17.0 Å². The minimum absolute atomic E-state index is 0.195. The Bertz CT molecular complexity index is 423. The van der Waals surface area contributed by atoms with E-state index in [1.165, 1.54) is 4.91 Å². The lowest BCUT2D eigenvalue weighted by molar-refractivity contribution is 0.407. The molecule has 0 radical (unpaired) electrons. The van der Waals surface area contributed by atoms with Crippen molar-refractivity contribution < 1.29 is 10.2 Å². The Morgan fingerprint density at radius 2 is 1.88 bits per heavy atom. The number of aromatic nitrogens is 2. The summed E-state index contributed by atoms with van der Waals surface area (Å²) in [5, 5.41) is 18.7. The van der Waals surface area contributed by atoms with Gasteiger partial charge < -0.3 is 10.2 Å². The number of thioether (sulfide) groups is 1. The number of rotatable bonds is 2. The monoisotopic (exact) mass is 238 g/mol. The topological polar surface area (TPSA) is 66.2 Å². The van der Waals surface area contributed by atoms with Gasteiger partial charge in [0.25, 0.3) is 0 Å². The van der Waals surface area contributed by atoms with Gasteiger partial charge in [-0.15, -0.1) is 11.8 Å². The van der Waals surface area contributed by atoms with Crippen LogP contribution < -0.4 is 0 Å². The van der Waals surface area contributed by atoms with Crippen molar-refractivity contribution in [2.24, 2.45) is 0 Å². The lowest BCUT2D eigenvalue weighted by Gasteiger charge is -2.24. The molecule has 0 saturated carbocycles. The minimum Gasteiger partial charge on any atom is -0.493 e. The molecule has 4 nitrogen and oxygen atoms in total. The van der Waals surface area contributed by atoms with E-state index in [1.54, 1.807) is 11.8 Å². The number of nitrogens with zero attached hydrogens (tertiary/aromatic N) is 2. The van der Waals surface area contributed by atoms with E-state index >= 15 is 0 Å². The Balaban J connectivity index is 2.41. The number of allylic oxidation sites excluding steroid dienone is 2. The van der Waals surface area contributed by atoms with E-state index in [1.807, 2.05) is 13.8 Å². The highest BCUT2D eigenvalue weighted by Crippen LogP contribution is 2.41. The van der Waals surface area contributed by atoms with Gasteiger partial charge in [-0.25, -0.2) is 0 Å². The average Bonchev–Trinajstić information content (AvgIpc) is 2.69. The summed E-state index contributed by atoms with van der Waals surface area (Å²) in [6.45, 7) is 3.98. The van der Waals surface area contributed by atoms with Crippen LogP contribution in [0, 0.1) is 0 Å². The van der Waals surface area contributed by atoms with Gasteiger partial charge in [-0.3, -0.25) is 0 Å². The molecule has 2 heterocycles. The lowest BCUT2D eigenvalue weighted by Crippen LogP contribution is -2.21. The van der Waals surface area contributed by atoms with Crippen LogP contribution >= 0.6 is 11.8 Å². The van der Waals surface area contributed by atoms with Gasteiger partial charge in [-0.1, -0.05) is 6.08 Å². The second kappa shape index (κ2) is 3.97. The average molecular weight is 238 g/mol. The summed E-state index contributed by atoms with van der Waals surface area (Å²) in [7, 11) is 0. The van der Waals surface area contributed by atoms with Crippen molar-refractivity contribution in [3.8, 4) is 11.8 Å².